The predicted octanol–water partition coefficient (Wildman–Crippen LogP) is 5.42. The van der Waals surface area contributed by atoms with Gasteiger partial charge in [-0.3, -0.25) is 0 Å². The highest BCUT2D eigenvalue weighted by Crippen LogP contribution is 2.36. The maximum absolute atomic E-state index is 6.48. The Kier molecular flexibility index (Phi) is 5.25. The summed E-state index contributed by atoms with van der Waals surface area (Å²) in [6, 6.07) is 6.92. The van der Waals surface area contributed by atoms with E-state index in [0.29, 0.717) is 0 Å². The second-order valence-corrected chi connectivity index (χ2v) is 6.69. The van der Waals surface area contributed by atoms with Gasteiger partial charge in [-0.1, -0.05) is 47.9 Å². The minimum absolute atomic E-state index is 0.194. The summed E-state index contributed by atoms with van der Waals surface area (Å²) in [5.74, 6) is 0. The summed E-state index contributed by atoms with van der Waals surface area (Å²) < 4.78 is 0. The number of halogens is 1. The zero-order chi connectivity index (χ0) is 14.7. The molecule has 0 aliphatic carbocycles. The zero-order valence-corrected chi connectivity index (χ0v) is 14.2. The van der Waals surface area contributed by atoms with E-state index in [-0.39, 0.29) is 6.04 Å². The van der Waals surface area contributed by atoms with Gasteiger partial charge in [0.2, 0.25) is 0 Å². The highest BCUT2D eigenvalue weighted by atomic mass is 35.5. The van der Waals surface area contributed by atoms with E-state index in [1.165, 1.54) is 27.1 Å². The van der Waals surface area contributed by atoms with Gasteiger partial charge in [-0.05, 0) is 50.2 Å². The standard InChI is InChI=1S/C17H22ClNS/c1-5-6-19-16(17-15(18)13(4)10-20-17)14-8-11(2)7-12(3)9-14/h7-10,16,19H,5-6H2,1-4H3. The molecule has 0 fully saturated rings. The van der Waals surface area contributed by atoms with Crippen LogP contribution in [0.1, 0.15) is 46.5 Å². The first-order valence-electron chi connectivity index (χ1n) is 7.08. The molecule has 0 radical (unpaired) electrons. The molecule has 1 aromatic carbocycles. The van der Waals surface area contributed by atoms with Crippen molar-refractivity contribution in [2.45, 2.75) is 40.2 Å². The van der Waals surface area contributed by atoms with Crippen molar-refractivity contribution >= 4 is 22.9 Å². The van der Waals surface area contributed by atoms with Crippen LogP contribution in [0.2, 0.25) is 5.02 Å². The maximum Gasteiger partial charge on any atom is 0.0686 e. The Morgan fingerprint density at radius 1 is 1.15 bits per heavy atom. The normalized spacial score (nSPS) is 12.7. The van der Waals surface area contributed by atoms with Crippen LogP contribution in [0, 0.1) is 20.8 Å². The van der Waals surface area contributed by atoms with Crippen LogP contribution >= 0.6 is 22.9 Å². The Morgan fingerprint density at radius 3 is 2.30 bits per heavy atom. The van der Waals surface area contributed by atoms with Crippen LogP contribution in [-0.4, -0.2) is 6.54 Å². The average Bonchev–Trinajstić information content (AvgIpc) is 2.70. The minimum Gasteiger partial charge on any atom is -0.306 e. The minimum atomic E-state index is 0.194. The van der Waals surface area contributed by atoms with E-state index in [0.717, 1.165) is 18.0 Å². The molecule has 1 nitrogen and oxygen atoms in total. The lowest BCUT2D eigenvalue weighted by atomic mass is 9.99. The van der Waals surface area contributed by atoms with Crippen LogP contribution < -0.4 is 5.32 Å². The number of hydrogen-bond acceptors (Lipinski definition) is 2. The Bertz CT molecular complexity index is 568. The van der Waals surface area contributed by atoms with Crippen molar-refractivity contribution in [2.24, 2.45) is 0 Å². The lowest BCUT2D eigenvalue weighted by Gasteiger charge is -2.19. The largest absolute Gasteiger partial charge is 0.306 e. The van der Waals surface area contributed by atoms with Crippen LogP contribution in [0.3, 0.4) is 0 Å². The van der Waals surface area contributed by atoms with Crippen LogP contribution in [-0.2, 0) is 0 Å². The summed E-state index contributed by atoms with van der Waals surface area (Å²) >= 11 is 8.23. The third kappa shape index (κ3) is 3.43. The molecule has 0 aliphatic rings. The Balaban J connectivity index is 2.44. The summed E-state index contributed by atoms with van der Waals surface area (Å²) in [6.45, 7) is 9.54. The zero-order valence-electron chi connectivity index (χ0n) is 12.6. The molecule has 1 atom stereocenters. The maximum atomic E-state index is 6.48. The Labute approximate surface area is 131 Å². The van der Waals surface area contributed by atoms with Crippen molar-refractivity contribution in [3.63, 3.8) is 0 Å². The van der Waals surface area contributed by atoms with E-state index in [2.05, 4.69) is 56.6 Å². The molecule has 20 heavy (non-hydrogen) atoms. The molecule has 1 unspecified atom stereocenters. The molecule has 0 bridgehead atoms. The number of hydrogen-bond donors (Lipinski definition) is 1. The number of aryl methyl sites for hydroxylation is 3. The fourth-order valence-corrected chi connectivity index (χ4v) is 3.88. The molecule has 1 aromatic heterocycles. The number of rotatable bonds is 5. The molecule has 2 rings (SSSR count). The van der Waals surface area contributed by atoms with Gasteiger partial charge in [0.1, 0.15) is 0 Å². The topological polar surface area (TPSA) is 12.0 Å². The number of benzene rings is 1. The molecule has 0 amide bonds. The summed E-state index contributed by atoms with van der Waals surface area (Å²) in [4.78, 5) is 1.22. The van der Waals surface area contributed by atoms with E-state index in [9.17, 15) is 0 Å². The SMILES string of the molecule is CCCNC(c1cc(C)cc(C)c1)c1scc(C)c1Cl. The van der Waals surface area contributed by atoms with Crippen LogP contribution in [0.4, 0.5) is 0 Å². The van der Waals surface area contributed by atoms with Crippen LogP contribution in [0.5, 0.6) is 0 Å². The predicted molar refractivity (Wildman–Crippen MR) is 90.1 cm³/mol. The van der Waals surface area contributed by atoms with Gasteiger partial charge in [0, 0.05) is 4.88 Å². The van der Waals surface area contributed by atoms with Gasteiger partial charge in [-0.2, -0.15) is 0 Å². The summed E-state index contributed by atoms with van der Waals surface area (Å²) in [6.07, 6.45) is 1.11. The first-order chi connectivity index (χ1) is 9.52. The van der Waals surface area contributed by atoms with Crippen molar-refractivity contribution in [1.29, 1.82) is 0 Å². The van der Waals surface area contributed by atoms with Crippen LogP contribution in [0.25, 0.3) is 0 Å². The molecule has 0 saturated carbocycles. The highest BCUT2D eigenvalue weighted by Gasteiger charge is 2.19. The quantitative estimate of drug-likeness (QED) is 0.778. The molecule has 0 spiro atoms. The van der Waals surface area contributed by atoms with Crippen molar-refractivity contribution < 1.29 is 0 Å². The smallest absolute Gasteiger partial charge is 0.0686 e. The van der Waals surface area contributed by atoms with Gasteiger partial charge in [-0.25, -0.2) is 0 Å². The second kappa shape index (κ2) is 6.75. The Hall–Kier alpha value is -0.830. The first-order valence-corrected chi connectivity index (χ1v) is 8.33. The first kappa shape index (κ1) is 15.6. The Morgan fingerprint density at radius 2 is 1.80 bits per heavy atom. The van der Waals surface area contributed by atoms with Gasteiger partial charge in [0.15, 0.2) is 0 Å². The summed E-state index contributed by atoms with van der Waals surface area (Å²) in [5, 5.41) is 6.68. The van der Waals surface area contributed by atoms with E-state index in [1.807, 2.05) is 0 Å². The molecular weight excluding hydrogens is 286 g/mol. The summed E-state index contributed by atoms with van der Waals surface area (Å²) in [5.41, 5.74) is 5.07. The third-order valence-corrected chi connectivity index (χ3v) is 5.14. The summed E-state index contributed by atoms with van der Waals surface area (Å²) in [7, 11) is 0. The van der Waals surface area contributed by atoms with E-state index < -0.39 is 0 Å². The monoisotopic (exact) mass is 307 g/mol. The van der Waals surface area contributed by atoms with Gasteiger partial charge in [0.05, 0.1) is 11.1 Å². The van der Waals surface area contributed by atoms with Gasteiger partial charge < -0.3 is 5.32 Å². The third-order valence-electron chi connectivity index (χ3n) is 3.36. The van der Waals surface area contributed by atoms with Crippen molar-refractivity contribution in [1.82, 2.24) is 5.32 Å². The van der Waals surface area contributed by atoms with Crippen molar-refractivity contribution in [2.75, 3.05) is 6.54 Å². The molecular formula is C17H22ClNS. The van der Waals surface area contributed by atoms with E-state index >= 15 is 0 Å². The number of thiophene rings is 1. The fourth-order valence-electron chi connectivity index (χ4n) is 2.47. The van der Waals surface area contributed by atoms with Gasteiger partial charge in [-0.15, -0.1) is 11.3 Å². The molecule has 1 N–H and O–H groups in total. The van der Waals surface area contributed by atoms with Crippen molar-refractivity contribution in [3.05, 3.63) is 55.7 Å². The molecule has 108 valence electrons. The average molecular weight is 308 g/mol. The molecule has 3 heteroatoms. The van der Waals surface area contributed by atoms with Gasteiger partial charge in [0.25, 0.3) is 0 Å². The van der Waals surface area contributed by atoms with Crippen LogP contribution in [0.15, 0.2) is 23.6 Å². The lowest BCUT2D eigenvalue weighted by molar-refractivity contribution is 0.605. The van der Waals surface area contributed by atoms with E-state index in [1.54, 1.807) is 11.3 Å². The fraction of sp³-hybridized carbons (Fsp3) is 0.412. The second-order valence-electron chi connectivity index (χ2n) is 5.41. The highest BCUT2D eigenvalue weighted by molar-refractivity contribution is 7.10. The van der Waals surface area contributed by atoms with Crippen molar-refractivity contribution in [3.8, 4) is 0 Å². The number of nitrogens with one attached hydrogen (secondary N) is 1. The lowest BCUT2D eigenvalue weighted by Crippen LogP contribution is -2.22. The van der Waals surface area contributed by atoms with Gasteiger partial charge >= 0.3 is 0 Å². The molecule has 2 aromatic rings. The molecule has 1 heterocycles. The molecule has 0 saturated heterocycles. The molecule has 0 aliphatic heterocycles. The van der Waals surface area contributed by atoms with E-state index in [4.69, 9.17) is 11.6 Å².